The number of rotatable bonds is 7. The third-order valence-electron chi connectivity index (χ3n) is 4.86. The van der Waals surface area contributed by atoms with Gasteiger partial charge in [0.05, 0.1) is 25.2 Å². The van der Waals surface area contributed by atoms with Gasteiger partial charge in [-0.15, -0.1) is 0 Å². The lowest BCUT2D eigenvalue weighted by molar-refractivity contribution is -0.146. The zero-order valence-corrected chi connectivity index (χ0v) is 15.0. The largest absolute Gasteiger partial charge is 0.462 e. The maximum Gasteiger partial charge on any atom is 0.309 e. The number of esters is 1. The van der Waals surface area contributed by atoms with Crippen molar-refractivity contribution in [1.29, 1.82) is 0 Å². The summed E-state index contributed by atoms with van der Waals surface area (Å²) in [6, 6.07) is 13.8. The molecule has 0 radical (unpaired) electrons. The fourth-order valence-corrected chi connectivity index (χ4v) is 3.32. The van der Waals surface area contributed by atoms with Crippen LogP contribution in [-0.2, 0) is 20.9 Å². The van der Waals surface area contributed by atoms with E-state index in [1.807, 2.05) is 32.0 Å². The summed E-state index contributed by atoms with van der Waals surface area (Å²) in [5, 5.41) is 6.13. The molecule has 3 rings (SSSR count). The van der Waals surface area contributed by atoms with Crippen LogP contribution < -0.4 is 0 Å². The highest BCUT2D eigenvalue weighted by atomic mass is 16.6. The van der Waals surface area contributed by atoms with Crippen LogP contribution in [0, 0.1) is 11.8 Å². The topological polar surface area (TPSA) is 84.3 Å². The van der Waals surface area contributed by atoms with Gasteiger partial charge in [0.15, 0.2) is 0 Å². The molecule has 6 heteroatoms. The molecule has 1 aliphatic heterocycles. The summed E-state index contributed by atoms with van der Waals surface area (Å²) in [5.74, 6) is -0.146. The summed E-state index contributed by atoms with van der Waals surface area (Å²) in [5.41, 5.74) is 9.88. The Morgan fingerprint density at radius 3 is 2.73 bits per heavy atom. The molecular formula is C20H23N3O3. The molecule has 1 saturated heterocycles. The molecular weight excluding hydrogens is 330 g/mol. The predicted octanol–water partition coefficient (Wildman–Crippen LogP) is 4.62. The van der Waals surface area contributed by atoms with Gasteiger partial charge < -0.3 is 9.47 Å². The summed E-state index contributed by atoms with van der Waals surface area (Å²) in [4.78, 5) is 14.9. The first-order chi connectivity index (χ1) is 12.6. The van der Waals surface area contributed by atoms with E-state index in [-0.39, 0.29) is 24.4 Å². The van der Waals surface area contributed by atoms with Crippen LogP contribution in [0.3, 0.4) is 0 Å². The molecule has 1 aliphatic rings. The van der Waals surface area contributed by atoms with E-state index in [0.717, 1.165) is 10.9 Å². The Morgan fingerprint density at radius 2 is 2.04 bits per heavy atom. The standard InChI is InChI=1S/C20H23N3O3/c1-13(2)17-10-19(26-20(17)24)18(22-23-21)12-25-11-14-7-8-15-5-3-4-6-16(15)9-14/h3-9,13,17-19H,10-12H2,1-2H3. The SMILES string of the molecule is CC(C)C1CC(C(COCc2ccc3ccccc3c2)N=[N+]=[N-])OC1=O. The van der Waals surface area contributed by atoms with Crippen molar-refractivity contribution >= 4 is 16.7 Å². The minimum absolute atomic E-state index is 0.142. The molecule has 0 spiro atoms. The molecule has 1 fully saturated rings. The van der Waals surface area contributed by atoms with Crippen molar-refractivity contribution in [3.8, 4) is 0 Å². The third kappa shape index (κ3) is 4.15. The lowest BCUT2D eigenvalue weighted by Crippen LogP contribution is -2.28. The van der Waals surface area contributed by atoms with Crippen molar-refractivity contribution < 1.29 is 14.3 Å². The minimum atomic E-state index is -0.506. The lowest BCUT2D eigenvalue weighted by atomic mass is 9.91. The van der Waals surface area contributed by atoms with Crippen LogP contribution in [0.25, 0.3) is 21.2 Å². The molecule has 0 saturated carbocycles. The number of hydrogen-bond acceptors (Lipinski definition) is 4. The molecule has 0 N–H and O–H groups in total. The highest BCUT2D eigenvalue weighted by molar-refractivity contribution is 5.82. The summed E-state index contributed by atoms with van der Waals surface area (Å²) < 4.78 is 11.2. The van der Waals surface area contributed by atoms with Crippen LogP contribution in [0.5, 0.6) is 0 Å². The lowest BCUT2D eigenvalue weighted by Gasteiger charge is -2.18. The maximum atomic E-state index is 12.0. The van der Waals surface area contributed by atoms with Gasteiger partial charge in [0.2, 0.25) is 0 Å². The maximum absolute atomic E-state index is 12.0. The van der Waals surface area contributed by atoms with E-state index < -0.39 is 12.1 Å². The highest BCUT2D eigenvalue weighted by Crippen LogP contribution is 2.30. The molecule has 0 aromatic heterocycles. The first kappa shape index (κ1) is 18.2. The number of carbonyl (C=O) groups excluding carboxylic acids is 1. The van der Waals surface area contributed by atoms with E-state index in [0.29, 0.717) is 13.0 Å². The van der Waals surface area contributed by atoms with Gasteiger partial charge in [-0.1, -0.05) is 55.4 Å². The molecule has 136 valence electrons. The van der Waals surface area contributed by atoms with Gasteiger partial charge in [-0.25, -0.2) is 0 Å². The molecule has 2 aromatic carbocycles. The number of ether oxygens (including phenoxy) is 2. The molecule has 26 heavy (non-hydrogen) atoms. The van der Waals surface area contributed by atoms with Crippen LogP contribution in [0.15, 0.2) is 47.6 Å². The predicted molar refractivity (Wildman–Crippen MR) is 99.4 cm³/mol. The second kappa shape index (κ2) is 8.21. The molecule has 0 aliphatic carbocycles. The van der Waals surface area contributed by atoms with Crippen LogP contribution in [0.2, 0.25) is 0 Å². The fraction of sp³-hybridized carbons (Fsp3) is 0.450. The zero-order valence-electron chi connectivity index (χ0n) is 15.0. The molecule has 0 amide bonds. The Morgan fingerprint density at radius 1 is 1.27 bits per heavy atom. The van der Waals surface area contributed by atoms with Gasteiger partial charge in [-0.05, 0) is 40.3 Å². The van der Waals surface area contributed by atoms with Gasteiger partial charge in [0.1, 0.15) is 6.10 Å². The Bertz CT molecular complexity index is 830. The molecule has 6 nitrogen and oxygen atoms in total. The third-order valence-corrected chi connectivity index (χ3v) is 4.86. The van der Waals surface area contributed by atoms with Crippen LogP contribution in [0.1, 0.15) is 25.8 Å². The molecule has 3 unspecified atom stereocenters. The van der Waals surface area contributed by atoms with E-state index in [9.17, 15) is 4.79 Å². The van der Waals surface area contributed by atoms with E-state index in [2.05, 4.69) is 34.3 Å². The van der Waals surface area contributed by atoms with Gasteiger partial charge >= 0.3 is 5.97 Å². The average Bonchev–Trinajstić information content (AvgIpc) is 3.03. The van der Waals surface area contributed by atoms with Crippen molar-refractivity contribution in [3.05, 3.63) is 58.5 Å². The van der Waals surface area contributed by atoms with E-state index >= 15 is 0 Å². The highest BCUT2D eigenvalue weighted by Gasteiger charge is 2.40. The Balaban J connectivity index is 1.60. The van der Waals surface area contributed by atoms with Crippen molar-refractivity contribution in [3.63, 3.8) is 0 Å². The normalized spacial score (nSPS) is 20.8. The number of azide groups is 1. The quantitative estimate of drug-likeness (QED) is 0.315. The molecule has 1 heterocycles. The van der Waals surface area contributed by atoms with E-state index in [1.165, 1.54) is 5.39 Å². The van der Waals surface area contributed by atoms with E-state index in [1.54, 1.807) is 0 Å². The Hall–Kier alpha value is -2.56. The number of cyclic esters (lactones) is 1. The van der Waals surface area contributed by atoms with Gasteiger partial charge in [-0.3, -0.25) is 4.79 Å². The monoisotopic (exact) mass is 353 g/mol. The van der Waals surface area contributed by atoms with Crippen molar-refractivity contribution in [1.82, 2.24) is 0 Å². The minimum Gasteiger partial charge on any atom is -0.462 e. The summed E-state index contributed by atoms with van der Waals surface area (Å²) >= 11 is 0. The second-order valence-corrected chi connectivity index (χ2v) is 7.03. The van der Waals surface area contributed by atoms with Crippen LogP contribution >= 0.6 is 0 Å². The van der Waals surface area contributed by atoms with Gasteiger partial charge in [0.25, 0.3) is 0 Å². The summed E-state index contributed by atoms with van der Waals surface area (Å²) in [6.45, 7) is 4.62. The average molecular weight is 353 g/mol. The zero-order chi connectivity index (χ0) is 18.5. The van der Waals surface area contributed by atoms with E-state index in [4.69, 9.17) is 15.0 Å². The Kier molecular flexibility index (Phi) is 5.76. The number of carbonyl (C=O) groups is 1. The van der Waals surface area contributed by atoms with Crippen molar-refractivity contribution in [2.45, 2.75) is 39.0 Å². The number of benzene rings is 2. The van der Waals surface area contributed by atoms with Crippen molar-refractivity contribution in [2.24, 2.45) is 17.0 Å². The number of fused-ring (bicyclic) bond motifs is 1. The molecule has 2 aromatic rings. The number of nitrogens with zero attached hydrogens (tertiary/aromatic N) is 3. The molecule has 0 bridgehead atoms. The van der Waals surface area contributed by atoms with Gasteiger partial charge in [-0.2, -0.15) is 0 Å². The first-order valence-electron chi connectivity index (χ1n) is 8.88. The molecule has 3 atom stereocenters. The summed E-state index contributed by atoms with van der Waals surface area (Å²) in [7, 11) is 0. The van der Waals surface area contributed by atoms with Crippen molar-refractivity contribution in [2.75, 3.05) is 6.61 Å². The first-order valence-corrected chi connectivity index (χ1v) is 8.88. The number of hydrogen-bond donors (Lipinski definition) is 0. The second-order valence-electron chi connectivity index (χ2n) is 7.03. The Labute approximate surface area is 152 Å². The summed E-state index contributed by atoms with van der Waals surface area (Å²) in [6.07, 6.45) is 0.155. The van der Waals surface area contributed by atoms with Gasteiger partial charge in [0, 0.05) is 4.91 Å². The smallest absolute Gasteiger partial charge is 0.309 e. The van der Waals surface area contributed by atoms with Crippen LogP contribution in [-0.4, -0.2) is 24.7 Å². The fourth-order valence-electron chi connectivity index (χ4n) is 3.32. The van der Waals surface area contributed by atoms with Crippen LogP contribution in [0.4, 0.5) is 0 Å².